The first-order valence-electron chi connectivity index (χ1n) is 9.39. The first-order chi connectivity index (χ1) is 14.0. The summed E-state index contributed by atoms with van der Waals surface area (Å²) in [5, 5.41) is 10.4. The van der Waals surface area contributed by atoms with Gasteiger partial charge in [-0.15, -0.1) is 0 Å². The van der Waals surface area contributed by atoms with Crippen LogP contribution < -0.4 is 10.6 Å². The molecule has 1 amide bonds. The molecule has 0 saturated carbocycles. The van der Waals surface area contributed by atoms with Crippen LogP contribution in [0, 0.1) is 20.8 Å². The number of carbonyl (C=O) groups excluding carboxylic acids is 1. The summed E-state index contributed by atoms with van der Waals surface area (Å²) in [5.74, 6) is 0.990. The van der Waals surface area contributed by atoms with Crippen LogP contribution in [0.3, 0.4) is 0 Å². The van der Waals surface area contributed by atoms with Crippen molar-refractivity contribution in [3.8, 4) is 11.3 Å². The maximum absolute atomic E-state index is 12.6. The van der Waals surface area contributed by atoms with Crippen LogP contribution >= 0.6 is 0 Å². The highest BCUT2D eigenvalue weighted by molar-refractivity contribution is 5.95. The van der Waals surface area contributed by atoms with Crippen molar-refractivity contribution < 1.29 is 4.79 Å². The van der Waals surface area contributed by atoms with E-state index in [1.165, 1.54) is 11.9 Å². The summed E-state index contributed by atoms with van der Waals surface area (Å²) in [5.41, 5.74) is 5.85. The van der Waals surface area contributed by atoms with Crippen LogP contribution in [-0.4, -0.2) is 32.0 Å². The van der Waals surface area contributed by atoms with Crippen LogP contribution in [0.1, 0.15) is 16.7 Å². The Bertz CT molecular complexity index is 1160. The molecule has 4 rings (SSSR count). The number of hydrogen-bond donors (Lipinski definition) is 2. The number of rotatable bonds is 5. The van der Waals surface area contributed by atoms with Gasteiger partial charge in [0.2, 0.25) is 5.91 Å². The number of nitrogens with one attached hydrogen (secondary N) is 2. The third-order valence-electron chi connectivity index (χ3n) is 4.69. The molecule has 0 unspecified atom stereocenters. The minimum atomic E-state index is -0.133. The van der Waals surface area contributed by atoms with E-state index in [1.807, 2.05) is 57.2 Å². The Hall–Kier alpha value is -3.74. The van der Waals surface area contributed by atoms with Gasteiger partial charge in [0.25, 0.3) is 5.78 Å². The van der Waals surface area contributed by atoms with E-state index in [0.29, 0.717) is 11.6 Å². The fraction of sp³-hybridized carbons (Fsp3) is 0.182. The molecule has 0 spiro atoms. The van der Waals surface area contributed by atoms with Crippen molar-refractivity contribution in [3.63, 3.8) is 0 Å². The molecule has 0 saturated heterocycles. The number of fused-ring (bicyclic) bond motifs is 1. The van der Waals surface area contributed by atoms with Crippen LogP contribution in [0.5, 0.6) is 0 Å². The molecule has 7 heteroatoms. The third kappa shape index (κ3) is 3.94. The van der Waals surface area contributed by atoms with E-state index < -0.39 is 0 Å². The number of nitrogens with zero attached hydrogens (tertiary/aromatic N) is 4. The monoisotopic (exact) mass is 386 g/mol. The molecule has 146 valence electrons. The number of aryl methyl sites for hydroxylation is 3. The van der Waals surface area contributed by atoms with Gasteiger partial charge in [-0.1, -0.05) is 48.0 Å². The average Bonchev–Trinajstić information content (AvgIpc) is 3.18. The highest BCUT2D eigenvalue weighted by atomic mass is 16.1. The van der Waals surface area contributed by atoms with E-state index >= 15 is 0 Å². The largest absolute Gasteiger partial charge is 0.361 e. The molecule has 0 aliphatic heterocycles. The Labute approximate surface area is 168 Å². The van der Waals surface area contributed by atoms with Crippen molar-refractivity contribution in [3.05, 3.63) is 71.5 Å². The summed E-state index contributed by atoms with van der Waals surface area (Å²) in [7, 11) is 0. The van der Waals surface area contributed by atoms with Gasteiger partial charge in [-0.2, -0.15) is 14.6 Å². The molecule has 0 atom stereocenters. The fourth-order valence-corrected chi connectivity index (χ4v) is 3.43. The zero-order valence-corrected chi connectivity index (χ0v) is 16.6. The molecular formula is C22H22N6O. The minimum Gasteiger partial charge on any atom is -0.361 e. The summed E-state index contributed by atoms with van der Waals surface area (Å²) >= 11 is 0. The van der Waals surface area contributed by atoms with E-state index in [0.717, 1.165) is 28.1 Å². The second-order valence-corrected chi connectivity index (χ2v) is 7.04. The van der Waals surface area contributed by atoms with Gasteiger partial charge in [-0.05, 0) is 31.9 Å². The SMILES string of the molecule is Cc1cc(C)c(NC(=O)CNc2cc(-c3ccccc3)nc3ncnn23)c(C)c1. The molecule has 0 radical (unpaired) electrons. The maximum atomic E-state index is 12.6. The predicted molar refractivity (Wildman–Crippen MR) is 114 cm³/mol. The second-order valence-electron chi connectivity index (χ2n) is 7.04. The zero-order chi connectivity index (χ0) is 20.4. The molecule has 2 N–H and O–H groups in total. The van der Waals surface area contributed by atoms with Gasteiger partial charge >= 0.3 is 0 Å². The quantitative estimate of drug-likeness (QED) is 0.545. The predicted octanol–water partition coefficient (Wildman–Crippen LogP) is 3.77. The molecule has 0 aliphatic rings. The number of anilines is 2. The van der Waals surface area contributed by atoms with Gasteiger partial charge in [0, 0.05) is 17.3 Å². The molecule has 29 heavy (non-hydrogen) atoms. The molecular weight excluding hydrogens is 364 g/mol. The van der Waals surface area contributed by atoms with E-state index in [1.54, 1.807) is 4.52 Å². The lowest BCUT2D eigenvalue weighted by molar-refractivity contribution is -0.114. The van der Waals surface area contributed by atoms with Crippen LogP contribution in [0.25, 0.3) is 17.0 Å². The summed E-state index contributed by atoms with van der Waals surface area (Å²) in [6, 6.07) is 15.8. The van der Waals surface area contributed by atoms with E-state index in [9.17, 15) is 4.79 Å². The third-order valence-corrected chi connectivity index (χ3v) is 4.69. The standard InChI is InChI=1S/C22H22N6O/c1-14-9-15(2)21(16(3)10-14)27-20(29)12-23-19-11-18(17-7-5-4-6-8-17)26-22-24-13-25-28(19)22/h4-11,13,23H,12H2,1-3H3,(H,27,29). The number of aromatic nitrogens is 4. The summed E-state index contributed by atoms with van der Waals surface area (Å²) in [4.78, 5) is 21.3. The van der Waals surface area contributed by atoms with Gasteiger partial charge in [0.1, 0.15) is 12.1 Å². The molecule has 0 fully saturated rings. The van der Waals surface area contributed by atoms with Crippen molar-refractivity contribution in [1.82, 2.24) is 19.6 Å². The summed E-state index contributed by atoms with van der Waals surface area (Å²) in [6.07, 6.45) is 1.45. The maximum Gasteiger partial charge on any atom is 0.254 e. The topological polar surface area (TPSA) is 84.2 Å². The van der Waals surface area contributed by atoms with E-state index in [4.69, 9.17) is 0 Å². The van der Waals surface area contributed by atoms with E-state index in [-0.39, 0.29) is 12.5 Å². The van der Waals surface area contributed by atoms with Crippen molar-refractivity contribution >= 4 is 23.2 Å². The van der Waals surface area contributed by atoms with Crippen molar-refractivity contribution in [1.29, 1.82) is 0 Å². The molecule has 4 aromatic rings. The van der Waals surface area contributed by atoms with Gasteiger partial charge < -0.3 is 10.6 Å². The molecule has 2 aromatic heterocycles. The summed E-state index contributed by atoms with van der Waals surface area (Å²) in [6.45, 7) is 6.14. The molecule has 0 bridgehead atoms. The fourth-order valence-electron chi connectivity index (χ4n) is 3.43. The Morgan fingerprint density at radius 3 is 2.48 bits per heavy atom. The number of amides is 1. The Morgan fingerprint density at radius 1 is 1.03 bits per heavy atom. The number of benzene rings is 2. The zero-order valence-electron chi connectivity index (χ0n) is 16.6. The lowest BCUT2D eigenvalue weighted by Crippen LogP contribution is -2.23. The van der Waals surface area contributed by atoms with Gasteiger partial charge in [0.05, 0.1) is 12.2 Å². The number of hydrogen-bond acceptors (Lipinski definition) is 5. The molecule has 2 heterocycles. The average molecular weight is 386 g/mol. The molecule has 2 aromatic carbocycles. The van der Waals surface area contributed by atoms with E-state index in [2.05, 4.69) is 37.8 Å². The lowest BCUT2D eigenvalue weighted by Gasteiger charge is -2.14. The summed E-state index contributed by atoms with van der Waals surface area (Å²) < 4.78 is 1.59. The van der Waals surface area contributed by atoms with Crippen molar-refractivity contribution in [2.45, 2.75) is 20.8 Å². The molecule has 0 aliphatic carbocycles. The van der Waals surface area contributed by atoms with Gasteiger partial charge in [-0.3, -0.25) is 4.79 Å². The second kappa shape index (κ2) is 7.71. The first kappa shape index (κ1) is 18.6. The highest BCUT2D eigenvalue weighted by Crippen LogP contribution is 2.23. The highest BCUT2D eigenvalue weighted by Gasteiger charge is 2.12. The van der Waals surface area contributed by atoms with Gasteiger partial charge in [-0.25, -0.2) is 4.98 Å². The van der Waals surface area contributed by atoms with Crippen LogP contribution in [0.4, 0.5) is 11.5 Å². The Kier molecular flexibility index (Phi) is 4.95. The lowest BCUT2D eigenvalue weighted by atomic mass is 10.1. The minimum absolute atomic E-state index is 0.0972. The van der Waals surface area contributed by atoms with Crippen LogP contribution in [0.2, 0.25) is 0 Å². The number of carbonyl (C=O) groups is 1. The normalized spacial score (nSPS) is 10.9. The van der Waals surface area contributed by atoms with Crippen molar-refractivity contribution in [2.75, 3.05) is 17.2 Å². The van der Waals surface area contributed by atoms with Crippen LogP contribution in [-0.2, 0) is 4.79 Å². The Balaban J connectivity index is 1.55. The first-order valence-corrected chi connectivity index (χ1v) is 9.39. The van der Waals surface area contributed by atoms with Gasteiger partial charge in [0.15, 0.2) is 0 Å². The Morgan fingerprint density at radius 2 is 1.76 bits per heavy atom. The smallest absolute Gasteiger partial charge is 0.254 e. The van der Waals surface area contributed by atoms with Crippen LogP contribution in [0.15, 0.2) is 54.9 Å². The molecule has 7 nitrogen and oxygen atoms in total. The van der Waals surface area contributed by atoms with Crippen molar-refractivity contribution in [2.24, 2.45) is 0 Å².